The molecule has 7 nitrogen and oxygen atoms in total. The summed E-state index contributed by atoms with van der Waals surface area (Å²) in [6.45, 7) is 6.56. The molecule has 144 valence electrons. The highest BCUT2D eigenvalue weighted by molar-refractivity contribution is 8.00. The van der Waals surface area contributed by atoms with Crippen LogP contribution in [-0.2, 0) is 14.3 Å². The van der Waals surface area contributed by atoms with E-state index in [1.165, 1.54) is 28.8 Å². The van der Waals surface area contributed by atoms with E-state index in [1.807, 2.05) is 0 Å². The predicted octanol–water partition coefficient (Wildman–Crippen LogP) is 2.42. The van der Waals surface area contributed by atoms with Crippen LogP contribution in [0.3, 0.4) is 0 Å². The second-order valence-electron chi connectivity index (χ2n) is 7.60. The highest BCUT2D eigenvalue weighted by atomic mass is 32.2. The lowest BCUT2D eigenvalue weighted by atomic mass is 9.75. The Hall–Kier alpha value is -1.54. The minimum Gasteiger partial charge on any atom is -0.459 e. The van der Waals surface area contributed by atoms with Crippen LogP contribution in [0.15, 0.2) is 17.1 Å². The molecule has 26 heavy (non-hydrogen) atoms. The van der Waals surface area contributed by atoms with E-state index in [1.54, 1.807) is 6.20 Å². The van der Waals surface area contributed by atoms with Crippen LogP contribution < -0.4 is 11.4 Å². The second-order valence-corrected chi connectivity index (χ2v) is 8.69. The fraction of sp³-hybridized carbons (Fsp3) is 0.722. The first kappa shape index (κ1) is 19.2. The lowest BCUT2D eigenvalue weighted by molar-refractivity contribution is -0.166. The van der Waals surface area contributed by atoms with Crippen molar-refractivity contribution < 1.29 is 14.3 Å². The van der Waals surface area contributed by atoms with Crippen LogP contribution in [0.2, 0.25) is 0 Å². The molecule has 2 N–H and O–H groups in total. The van der Waals surface area contributed by atoms with Crippen molar-refractivity contribution in [3.63, 3.8) is 0 Å². The van der Waals surface area contributed by atoms with E-state index in [0.29, 0.717) is 23.5 Å². The van der Waals surface area contributed by atoms with E-state index in [-0.39, 0.29) is 17.9 Å². The average molecular weight is 381 g/mol. The summed E-state index contributed by atoms with van der Waals surface area (Å²) in [5.74, 6) is 1.73. The zero-order valence-corrected chi connectivity index (χ0v) is 16.3. The number of nitrogen functional groups attached to an aromatic ring is 1. The molecule has 1 aromatic heterocycles. The van der Waals surface area contributed by atoms with Crippen LogP contribution >= 0.6 is 11.8 Å². The largest absolute Gasteiger partial charge is 0.459 e. The van der Waals surface area contributed by atoms with Crippen molar-refractivity contribution in [2.75, 3.05) is 11.5 Å². The van der Waals surface area contributed by atoms with Gasteiger partial charge in [0.2, 0.25) is 5.44 Å². The van der Waals surface area contributed by atoms with Gasteiger partial charge in [0.15, 0.2) is 0 Å². The summed E-state index contributed by atoms with van der Waals surface area (Å²) in [6.07, 6.45) is 4.11. The number of anilines is 1. The minimum absolute atomic E-state index is 0.0598. The summed E-state index contributed by atoms with van der Waals surface area (Å²) in [7, 11) is 0. The quantitative estimate of drug-likeness (QED) is 0.800. The molecule has 2 fully saturated rings. The van der Waals surface area contributed by atoms with Gasteiger partial charge in [-0.15, -0.1) is 11.8 Å². The van der Waals surface area contributed by atoms with E-state index in [2.05, 4.69) is 25.8 Å². The first-order valence-electron chi connectivity index (χ1n) is 9.17. The monoisotopic (exact) mass is 381 g/mol. The van der Waals surface area contributed by atoms with Gasteiger partial charge in [-0.1, -0.05) is 27.2 Å². The molecule has 3 rings (SSSR count). The number of rotatable bonds is 4. The van der Waals surface area contributed by atoms with Crippen molar-refractivity contribution in [2.45, 2.75) is 57.8 Å². The average Bonchev–Trinajstić information content (AvgIpc) is 3.04. The maximum absolute atomic E-state index is 12.6. The Labute approximate surface area is 157 Å². The lowest BCUT2D eigenvalue weighted by Gasteiger charge is -2.37. The Balaban J connectivity index is 1.63. The molecular weight excluding hydrogens is 354 g/mol. The molecule has 1 aliphatic heterocycles. The van der Waals surface area contributed by atoms with Gasteiger partial charge >= 0.3 is 11.7 Å². The molecule has 8 heteroatoms. The summed E-state index contributed by atoms with van der Waals surface area (Å²) in [5, 5.41) is 0. The smallest absolute Gasteiger partial charge is 0.351 e. The summed E-state index contributed by atoms with van der Waals surface area (Å²) in [6, 6.07) is 1.54. The van der Waals surface area contributed by atoms with Crippen LogP contribution in [-0.4, -0.2) is 32.8 Å². The van der Waals surface area contributed by atoms with Crippen molar-refractivity contribution in [1.82, 2.24) is 9.55 Å². The van der Waals surface area contributed by atoms with Gasteiger partial charge in [-0.2, -0.15) is 4.98 Å². The van der Waals surface area contributed by atoms with Gasteiger partial charge < -0.3 is 15.2 Å². The maximum Gasteiger partial charge on any atom is 0.351 e. The Morgan fingerprint density at radius 3 is 2.92 bits per heavy atom. The molecule has 3 unspecified atom stereocenters. The summed E-state index contributed by atoms with van der Waals surface area (Å²) >= 11 is 1.35. The number of hydrogen-bond acceptors (Lipinski definition) is 7. The lowest BCUT2D eigenvalue weighted by Crippen LogP contribution is -2.38. The third-order valence-electron chi connectivity index (χ3n) is 5.25. The highest BCUT2D eigenvalue weighted by Gasteiger charge is 2.38. The number of hydrogen-bond donors (Lipinski definition) is 1. The Morgan fingerprint density at radius 2 is 2.23 bits per heavy atom. The van der Waals surface area contributed by atoms with E-state index in [0.717, 1.165) is 12.8 Å². The first-order chi connectivity index (χ1) is 12.3. The number of carbonyl (C=O) groups is 1. The Kier molecular flexibility index (Phi) is 5.92. The van der Waals surface area contributed by atoms with Crippen molar-refractivity contribution in [3.8, 4) is 0 Å². The van der Waals surface area contributed by atoms with Crippen molar-refractivity contribution in [1.29, 1.82) is 0 Å². The first-order valence-corrected chi connectivity index (χ1v) is 10.2. The molecule has 0 aromatic carbocycles. The third kappa shape index (κ3) is 4.23. The zero-order valence-electron chi connectivity index (χ0n) is 15.5. The van der Waals surface area contributed by atoms with Crippen molar-refractivity contribution in [3.05, 3.63) is 22.7 Å². The normalized spacial score (nSPS) is 31.9. The molecule has 1 aromatic rings. The van der Waals surface area contributed by atoms with Gasteiger partial charge in [0, 0.05) is 11.9 Å². The number of nitrogens with two attached hydrogens (primary N) is 1. The minimum atomic E-state index is -0.713. The van der Waals surface area contributed by atoms with Crippen molar-refractivity contribution >= 4 is 23.5 Å². The zero-order chi connectivity index (χ0) is 18.8. The van der Waals surface area contributed by atoms with E-state index >= 15 is 0 Å². The summed E-state index contributed by atoms with van der Waals surface area (Å²) in [5.41, 5.74) is 4.32. The highest BCUT2D eigenvalue weighted by Crippen LogP contribution is 2.37. The molecule has 1 saturated heterocycles. The van der Waals surface area contributed by atoms with Gasteiger partial charge in [0.1, 0.15) is 18.1 Å². The third-order valence-corrected chi connectivity index (χ3v) is 6.34. The Morgan fingerprint density at radius 1 is 1.46 bits per heavy atom. The van der Waals surface area contributed by atoms with Crippen LogP contribution in [0.5, 0.6) is 0 Å². The SMILES string of the molecule is CC1CCC(C(C)C)C(OC(=O)[C@@H]2O[C@H](n3ccc(N)nc3=O)CS2)C1. The molecule has 1 aliphatic carbocycles. The van der Waals surface area contributed by atoms with Gasteiger partial charge in [0.05, 0.1) is 0 Å². The van der Waals surface area contributed by atoms with E-state index in [4.69, 9.17) is 15.2 Å². The number of ether oxygens (including phenoxy) is 2. The van der Waals surface area contributed by atoms with Crippen LogP contribution in [0.1, 0.15) is 46.3 Å². The number of nitrogens with zero attached hydrogens (tertiary/aromatic N) is 2. The molecule has 1 saturated carbocycles. The van der Waals surface area contributed by atoms with E-state index in [9.17, 15) is 9.59 Å². The standard InChI is InChI=1S/C18H27N3O4S/c1-10(2)12-5-4-11(3)8-13(12)24-16(22)17-25-15(9-26-17)21-7-6-14(19)20-18(21)23/h6-7,10-13,15,17H,4-5,8-9H2,1-3H3,(H2,19,20,23)/t11?,12?,13?,15-,17+/m0/s1. The molecule has 2 heterocycles. The van der Waals surface area contributed by atoms with Gasteiger partial charge in [-0.05, 0) is 36.7 Å². The van der Waals surface area contributed by atoms with Gasteiger partial charge in [0.25, 0.3) is 0 Å². The van der Waals surface area contributed by atoms with Crippen molar-refractivity contribution in [2.24, 2.45) is 17.8 Å². The Bertz CT molecular complexity index is 708. The van der Waals surface area contributed by atoms with Crippen LogP contribution in [0.4, 0.5) is 5.82 Å². The number of aromatic nitrogens is 2. The summed E-state index contributed by atoms with van der Waals surface area (Å²) < 4.78 is 13.0. The van der Waals surface area contributed by atoms with Crippen LogP contribution in [0, 0.1) is 17.8 Å². The molecule has 0 spiro atoms. The summed E-state index contributed by atoms with van der Waals surface area (Å²) in [4.78, 5) is 28.3. The molecule has 0 bridgehead atoms. The number of carbonyl (C=O) groups excluding carboxylic acids is 1. The number of thioether (sulfide) groups is 1. The second kappa shape index (κ2) is 8.00. The number of esters is 1. The topological polar surface area (TPSA) is 96.4 Å². The molecule has 5 atom stereocenters. The molecule has 2 aliphatic rings. The molecular formula is C18H27N3O4S. The maximum atomic E-state index is 12.6. The van der Waals surface area contributed by atoms with E-state index < -0.39 is 17.4 Å². The van der Waals surface area contributed by atoms with Gasteiger partial charge in [-0.25, -0.2) is 9.59 Å². The van der Waals surface area contributed by atoms with Gasteiger partial charge in [-0.3, -0.25) is 4.57 Å². The predicted molar refractivity (Wildman–Crippen MR) is 101 cm³/mol. The molecule has 0 radical (unpaired) electrons. The fourth-order valence-electron chi connectivity index (χ4n) is 3.76. The fourth-order valence-corrected chi connectivity index (χ4v) is 4.74. The van der Waals surface area contributed by atoms with Crippen LogP contribution in [0.25, 0.3) is 0 Å². The molecule has 0 amide bonds.